The first-order valence-corrected chi connectivity index (χ1v) is 8.90. The van der Waals surface area contributed by atoms with Gasteiger partial charge in [-0.3, -0.25) is 14.3 Å². The third kappa shape index (κ3) is 4.85. The van der Waals surface area contributed by atoms with Gasteiger partial charge in [0.05, 0.1) is 17.1 Å². The van der Waals surface area contributed by atoms with Crippen LogP contribution in [-0.2, 0) is 21.4 Å². The van der Waals surface area contributed by atoms with Crippen molar-refractivity contribution in [2.24, 2.45) is 7.05 Å². The van der Waals surface area contributed by atoms with Crippen LogP contribution in [0.4, 0.5) is 5.69 Å². The number of thioether (sulfide) groups is 1. The van der Waals surface area contributed by atoms with Crippen molar-refractivity contribution in [3.8, 4) is 0 Å². The maximum absolute atomic E-state index is 12.3. The van der Waals surface area contributed by atoms with Gasteiger partial charge in [-0.15, -0.1) is 11.8 Å². The Bertz CT molecular complexity index is 758. The van der Waals surface area contributed by atoms with Crippen LogP contribution in [0, 0.1) is 13.8 Å². The quantitative estimate of drug-likeness (QED) is 0.632. The molecule has 2 rings (SSSR count). The Morgan fingerprint density at radius 2 is 1.84 bits per heavy atom. The minimum Gasteiger partial charge on any atom is -0.452 e. The van der Waals surface area contributed by atoms with Gasteiger partial charge in [-0.2, -0.15) is 5.10 Å². The molecule has 6 nitrogen and oxygen atoms in total. The summed E-state index contributed by atoms with van der Waals surface area (Å²) < 4.78 is 7.00. The lowest BCUT2D eigenvalue weighted by Gasteiger charge is -2.16. The van der Waals surface area contributed by atoms with Crippen LogP contribution >= 0.6 is 11.8 Å². The number of hydrogen-bond acceptors (Lipinski definition) is 5. The molecule has 1 amide bonds. The first kappa shape index (κ1) is 19.1. The number of rotatable bonds is 6. The normalized spacial score (nSPS) is 13.2. The predicted octanol–water partition coefficient (Wildman–Crippen LogP) is 3.09. The van der Waals surface area contributed by atoms with E-state index in [0.717, 1.165) is 16.3 Å². The molecule has 1 heterocycles. The molecule has 2 aromatic rings. The standard InChI is InChI=1S/C18H23N3O3S/c1-11-16(12(2)21(5)20-11)19-17(22)13(3)24-18(23)14(4)25-15-9-7-6-8-10-15/h6-10,13-14H,1-5H3,(H,19,22)/t13-,14-/m0/s1. The average Bonchev–Trinajstić information content (AvgIpc) is 2.81. The molecule has 0 unspecified atom stereocenters. The summed E-state index contributed by atoms with van der Waals surface area (Å²) in [7, 11) is 1.81. The molecule has 25 heavy (non-hydrogen) atoms. The van der Waals surface area contributed by atoms with Crippen LogP contribution in [0.1, 0.15) is 25.2 Å². The third-order valence-corrected chi connectivity index (χ3v) is 4.90. The zero-order chi connectivity index (χ0) is 18.6. The topological polar surface area (TPSA) is 73.2 Å². The maximum atomic E-state index is 12.3. The van der Waals surface area contributed by atoms with Crippen molar-refractivity contribution in [1.82, 2.24) is 9.78 Å². The minimum absolute atomic E-state index is 0.371. The fourth-order valence-electron chi connectivity index (χ4n) is 2.25. The number of nitrogens with one attached hydrogen (secondary N) is 1. The summed E-state index contributed by atoms with van der Waals surface area (Å²) in [6.45, 7) is 7.01. The number of benzene rings is 1. The first-order chi connectivity index (χ1) is 11.8. The lowest BCUT2D eigenvalue weighted by Crippen LogP contribution is -2.32. The van der Waals surface area contributed by atoms with Gasteiger partial charge in [0.2, 0.25) is 0 Å². The van der Waals surface area contributed by atoms with Gasteiger partial charge >= 0.3 is 5.97 Å². The van der Waals surface area contributed by atoms with Crippen LogP contribution < -0.4 is 5.32 Å². The molecule has 0 saturated heterocycles. The number of anilines is 1. The van der Waals surface area contributed by atoms with Gasteiger partial charge in [-0.1, -0.05) is 18.2 Å². The molecule has 1 aromatic heterocycles. The fourth-order valence-corrected chi connectivity index (χ4v) is 3.13. The van der Waals surface area contributed by atoms with Crippen LogP contribution in [0.25, 0.3) is 0 Å². The van der Waals surface area contributed by atoms with E-state index in [9.17, 15) is 9.59 Å². The molecule has 1 aromatic carbocycles. The van der Waals surface area contributed by atoms with Crippen molar-refractivity contribution in [2.75, 3.05) is 5.32 Å². The summed E-state index contributed by atoms with van der Waals surface area (Å²) >= 11 is 1.40. The maximum Gasteiger partial charge on any atom is 0.319 e. The summed E-state index contributed by atoms with van der Waals surface area (Å²) in [4.78, 5) is 25.5. The number of amides is 1. The van der Waals surface area contributed by atoms with Crippen LogP contribution in [0.3, 0.4) is 0 Å². The van der Waals surface area contributed by atoms with Gasteiger partial charge in [-0.05, 0) is 39.8 Å². The van der Waals surface area contributed by atoms with Crippen molar-refractivity contribution >= 4 is 29.3 Å². The Labute approximate surface area is 151 Å². The SMILES string of the molecule is Cc1nn(C)c(C)c1NC(=O)[C@H](C)OC(=O)[C@H](C)Sc1ccccc1. The van der Waals surface area contributed by atoms with Gasteiger partial charge in [-0.25, -0.2) is 0 Å². The largest absolute Gasteiger partial charge is 0.452 e. The molecular weight excluding hydrogens is 338 g/mol. The van der Waals surface area contributed by atoms with Gasteiger partial charge in [0.15, 0.2) is 6.10 Å². The summed E-state index contributed by atoms with van der Waals surface area (Å²) in [5, 5.41) is 6.63. The Balaban J connectivity index is 1.92. The van der Waals surface area contributed by atoms with Gasteiger partial charge < -0.3 is 10.1 Å². The Morgan fingerprint density at radius 1 is 1.20 bits per heavy atom. The number of hydrogen-bond donors (Lipinski definition) is 1. The van der Waals surface area contributed by atoms with Crippen molar-refractivity contribution < 1.29 is 14.3 Å². The zero-order valence-electron chi connectivity index (χ0n) is 15.1. The smallest absolute Gasteiger partial charge is 0.319 e. The Kier molecular flexibility index (Phi) is 6.25. The number of aromatic nitrogens is 2. The number of nitrogens with zero attached hydrogens (tertiary/aromatic N) is 2. The van der Waals surface area contributed by atoms with Crippen LogP contribution in [0.2, 0.25) is 0 Å². The number of carbonyl (C=O) groups excluding carboxylic acids is 2. The fraction of sp³-hybridized carbons (Fsp3) is 0.389. The van der Waals surface area contributed by atoms with E-state index in [-0.39, 0.29) is 5.91 Å². The van der Waals surface area contributed by atoms with E-state index >= 15 is 0 Å². The molecular formula is C18H23N3O3S. The molecule has 0 bridgehead atoms. The number of esters is 1. The van der Waals surface area contributed by atoms with Crippen LogP contribution in [-0.4, -0.2) is 33.0 Å². The molecule has 0 aliphatic heterocycles. The van der Waals surface area contributed by atoms with E-state index in [1.807, 2.05) is 51.2 Å². The highest BCUT2D eigenvalue weighted by Gasteiger charge is 2.24. The highest BCUT2D eigenvalue weighted by atomic mass is 32.2. The van der Waals surface area contributed by atoms with Crippen molar-refractivity contribution in [3.63, 3.8) is 0 Å². The van der Waals surface area contributed by atoms with Crippen molar-refractivity contribution in [3.05, 3.63) is 41.7 Å². The predicted molar refractivity (Wildman–Crippen MR) is 98.6 cm³/mol. The van der Waals surface area contributed by atoms with E-state index < -0.39 is 17.3 Å². The molecule has 0 radical (unpaired) electrons. The van der Waals surface area contributed by atoms with E-state index in [4.69, 9.17) is 4.74 Å². The van der Waals surface area contributed by atoms with Crippen molar-refractivity contribution in [1.29, 1.82) is 0 Å². The molecule has 0 fully saturated rings. The van der Waals surface area contributed by atoms with Crippen LogP contribution in [0.15, 0.2) is 35.2 Å². The van der Waals surface area contributed by atoms with E-state index in [1.165, 1.54) is 11.8 Å². The molecule has 1 N–H and O–H groups in total. The third-order valence-electron chi connectivity index (χ3n) is 3.81. The molecule has 0 aliphatic carbocycles. The number of ether oxygens (including phenoxy) is 1. The molecule has 0 spiro atoms. The molecule has 7 heteroatoms. The minimum atomic E-state index is -0.884. The van der Waals surface area contributed by atoms with Gasteiger partial charge in [0.1, 0.15) is 5.25 Å². The summed E-state index contributed by atoms with van der Waals surface area (Å²) in [6.07, 6.45) is -0.884. The summed E-state index contributed by atoms with van der Waals surface area (Å²) in [5.41, 5.74) is 2.22. The lowest BCUT2D eigenvalue weighted by atomic mass is 10.3. The van der Waals surface area contributed by atoms with Crippen molar-refractivity contribution in [2.45, 2.75) is 43.9 Å². The average molecular weight is 361 g/mol. The highest BCUT2D eigenvalue weighted by molar-refractivity contribution is 8.00. The first-order valence-electron chi connectivity index (χ1n) is 8.03. The van der Waals surface area contributed by atoms with Gasteiger partial charge in [0.25, 0.3) is 5.91 Å². The number of carbonyl (C=O) groups is 2. The molecule has 134 valence electrons. The molecule has 0 aliphatic rings. The van der Waals surface area contributed by atoms with Crippen LogP contribution in [0.5, 0.6) is 0 Å². The number of aryl methyl sites for hydroxylation is 2. The Morgan fingerprint density at radius 3 is 2.40 bits per heavy atom. The second-order valence-corrected chi connectivity index (χ2v) is 7.23. The van der Waals surface area contributed by atoms with E-state index in [2.05, 4.69) is 10.4 Å². The Hall–Kier alpha value is -2.28. The highest BCUT2D eigenvalue weighted by Crippen LogP contribution is 2.24. The second-order valence-electron chi connectivity index (χ2n) is 5.81. The monoisotopic (exact) mass is 361 g/mol. The second kappa shape index (κ2) is 8.20. The van der Waals surface area contributed by atoms with Gasteiger partial charge in [0, 0.05) is 11.9 Å². The molecule has 2 atom stereocenters. The summed E-state index contributed by atoms with van der Waals surface area (Å²) in [6, 6.07) is 9.60. The van der Waals surface area contributed by atoms with E-state index in [0.29, 0.717) is 5.69 Å². The summed E-state index contributed by atoms with van der Waals surface area (Å²) in [5.74, 6) is -0.791. The zero-order valence-corrected chi connectivity index (χ0v) is 15.9. The van der Waals surface area contributed by atoms with E-state index in [1.54, 1.807) is 18.5 Å². The lowest BCUT2D eigenvalue weighted by molar-refractivity contribution is -0.152. The molecule has 0 saturated carbocycles.